The number of carbonyl (C=O) groups excluding carboxylic acids is 1. The highest BCUT2D eigenvalue weighted by Gasteiger charge is 2.23. The van der Waals surface area contributed by atoms with Gasteiger partial charge in [-0.1, -0.05) is 68.1 Å². The van der Waals surface area contributed by atoms with Gasteiger partial charge in [0.05, 0.1) is 38.7 Å². The molecule has 0 unspecified atom stereocenters. The number of nitrogens with one attached hydrogen (secondary N) is 1. The third-order valence-corrected chi connectivity index (χ3v) is 6.93. The number of hydrogen-bond acceptors (Lipinski definition) is 7. The van der Waals surface area contributed by atoms with E-state index in [0.29, 0.717) is 19.8 Å². The standard InChI is InChI=1S/C26H33N5O3S/c1-19(2)24(21-9-11-22(33-3)12-10-21)27-23(32)18-35-26-29-28-25(30-13-15-34-16-14-30)31(26)17-20-7-5-4-6-8-20/h4-12,19,24H,13-18H2,1-3H3,(H,27,32)/t24-/m0/s1. The molecule has 1 atom stereocenters. The molecular weight excluding hydrogens is 462 g/mol. The summed E-state index contributed by atoms with van der Waals surface area (Å²) in [6.45, 7) is 7.74. The van der Waals surface area contributed by atoms with E-state index in [0.717, 1.165) is 41.1 Å². The topological polar surface area (TPSA) is 81.5 Å². The summed E-state index contributed by atoms with van der Waals surface area (Å²) in [6, 6.07) is 18.0. The first-order chi connectivity index (χ1) is 17.0. The number of anilines is 1. The molecule has 0 bridgehead atoms. The summed E-state index contributed by atoms with van der Waals surface area (Å²) in [5.41, 5.74) is 2.22. The van der Waals surface area contributed by atoms with E-state index in [1.807, 2.05) is 42.5 Å². The van der Waals surface area contributed by atoms with Crippen LogP contribution in [0.2, 0.25) is 0 Å². The van der Waals surface area contributed by atoms with Gasteiger partial charge in [0.25, 0.3) is 0 Å². The molecule has 1 amide bonds. The lowest BCUT2D eigenvalue weighted by molar-refractivity contribution is -0.119. The van der Waals surface area contributed by atoms with E-state index in [1.54, 1.807) is 7.11 Å². The van der Waals surface area contributed by atoms with Gasteiger partial charge in [0.1, 0.15) is 5.75 Å². The van der Waals surface area contributed by atoms with Crippen molar-refractivity contribution < 1.29 is 14.3 Å². The van der Waals surface area contributed by atoms with Crippen LogP contribution in [0.4, 0.5) is 5.95 Å². The van der Waals surface area contributed by atoms with Crippen molar-refractivity contribution in [1.82, 2.24) is 20.1 Å². The molecule has 0 radical (unpaired) electrons. The van der Waals surface area contributed by atoms with Gasteiger partial charge in [0, 0.05) is 13.1 Å². The summed E-state index contributed by atoms with van der Waals surface area (Å²) in [5, 5.41) is 12.9. The van der Waals surface area contributed by atoms with E-state index in [1.165, 1.54) is 11.8 Å². The van der Waals surface area contributed by atoms with Crippen molar-refractivity contribution in [3.63, 3.8) is 0 Å². The van der Waals surface area contributed by atoms with Crippen molar-refractivity contribution >= 4 is 23.6 Å². The second kappa shape index (κ2) is 12.1. The number of ether oxygens (including phenoxy) is 2. The van der Waals surface area contributed by atoms with Crippen LogP contribution < -0.4 is 15.0 Å². The molecule has 1 N–H and O–H groups in total. The minimum Gasteiger partial charge on any atom is -0.497 e. The van der Waals surface area contributed by atoms with Gasteiger partial charge in [0.2, 0.25) is 11.9 Å². The monoisotopic (exact) mass is 495 g/mol. The van der Waals surface area contributed by atoms with E-state index in [-0.39, 0.29) is 23.6 Å². The molecule has 1 saturated heterocycles. The number of thioether (sulfide) groups is 1. The van der Waals surface area contributed by atoms with E-state index in [9.17, 15) is 4.79 Å². The maximum Gasteiger partial charge on any atom is 0.230 e. The largest absolute Gasteiger partial charge is 0.497 e. The molecule has 4 rings (SSSR count). The second-order valence-corrected chi connectivity index (χ2v) is 9.75. The SMILES string of the molecule is COc1ccc([C@@H](NC(=O)CSc2nnc(N3CCOCC3)n2Cc2ccccc2)C(C)C)cc1. The first kappa shape index (κ1) is 25.1. The molecule has 9 heteroatoms. The van der Waals surface area contributed by atoms with Crippen LogP contribution in [-0.2, 0) is 16.1 Å². The number of amides is 1. The summed E-state index contributed by atoms with van der Waals surface area (Å²) in [7, 11) is 1.65. The zero-order valence-corrected chi connectivity index (χ0v) is 21.3. The Morgan fingerprint density at radius 2 is 1.80 bits per heavy atom. The predicted octanol–water partition coefficient (Wildman–Crippen LogP) is 3.78. The Hall–Kier alpha value is -3.04. The molecule has 1 aromatic heterocycles. The third-order valence-electron chi connectivity index (χ3n) is 5.97. The molecule has 1 aliphatic heterocycles. The molecule has 8 nitrogen and oxygen atoms in total. The van der Waals surface area contributed by atoms with Crippen LogP contribution in [0.5, 0.6) is 5.75 Å². The highest BCUT2D eigenvalue weighted by molar-refractivity contribution is 7.99. The Balaban J connectivity index is 1.46. The summed E-state index contributed by atoms with van der Waals surface area (Å²) >= 11 is 1.41. The second-order valence-electron chi connectivity index (χ2n) is 8.80. The fourth-order valence-corrected chi connectivity index (χ4v) is 4.82. The lowest BCUT2D eigenvalue weighted by Gasteiger charge is -2.28. The average Bonchev–Trinajstić information content (AvgIpc) is 3.29. The Morgan fingerprint density at radius 3 is 2.46 bits per heavy atom. The summed E-state index contributed by atoms with van der Waals surface area (Å²) in [6.07, 6.45) is 0. The molecule has 0 aliphatic carbocycles. The molecule has 0 saturated carbocycles. The van der Waals surface area contributed by atoms with Gasteiger partial charge in [-0.15, -0.1) is 10.2 Å². The molecular formula is C26H33N5O3S. The number of rotatable bonds is 10. The number of nitrogens with zero attached hydrogens (tertiary/aromatic N) is 4. The van der Waals surface area contributed by atoms with Crippen molar-refractivity contribution in [2.75, 3.05) is 44.1 Å². The molecule has 186 valence electrons. The Kier molecular flexibility index (Phi) is 8.65. The number of methoxy groups -OCH3 is 1. The fourth-order valence-electron chi connectivity index (χ4n) is 4.08. The Labute approximate surface area is 211 Å². The van der Waals surface area contributed by atoms with Crippen LogP contribution in [0.3, 0.4) is 0 Å². The van der Waals surface area contributed by atoms with Crippen molar-refractivity contribution in [2.45, 2.75) is 31.6 Å². The van der Waals surface area contributed by atoms with Crippen LogP contribution >= 0.6 is 11.8 Å². The van der Waals surface area contributed by atoms with Gasteiger partial charge >= 0.3 is 0 Å². The predicted molar refractivity (Wildman–Crippen MR) is 138 cm³/mol. The van der Waals surface area contributed by atoms with Crippen molar-refractivity contribution in [2.24, 2.45) is 5.92 Å². The van der Waals surface area contributed by atoms with E-state index in [2.05, 4.69) is 51.0 Å². The zero-order valence-electron chi connectivity index (χ0n) is 20.5. The minimum atomic E-state index is -0.0832. The van der Waals surface area contributed by atoms with Gasteiger partial charge in [0.15, 0.2) is 5.16 Å². The van der Waals surface area contributed by atoms with Crippen molar-refractivity contribution in [3.05, 3.63) is 65.7 Å². The summed E-state index contributed by atoms with van der Waals surface area (Å²) in [5.74, 6) is 2.08. The smallest absolute Gasteiger partial charge is 0.230 e. The maximum atomic E-state index is 13.0. The van der Waals surface area contributed by atoms with Crippen molar-refractivity contribution in [1.29, 1.82) is 0 Å². The highest BCUT2D eigenvalue weighted by atomic mass is 32.2. The lowest BCUT2D eigenvalue weighted by Crippen LogP contribution is -2.38. The Morgan fingerprint density at radius 1 is 1.09 bits per heavy atom. The third kappa shape index (κ3) is 6.55. The van der Waals surface area contributed by atoms with E-state index < -0.39 is 0 Å². The van der Waals surface area contributed by atoms with Crippen LogP contribution in [0.25, 0.3) is 0 Å². The molecule has 3 aromatic rings. The van der Waals surface area contributed by atoms with Crippen LogP contribution in [0.1, 0.15) is 31.0 Å². The zero-order chi connectivity index (χ0) is 24.6. The minimum absolute atomic E-state index is 0.0355. The number of carbonyl (C=O) groups is 1. The van der Waals surface area contributed by atoms with Gasteiger partial charge in [-0.25, -0.2) is 0 Å². The quantitative estimate of drug-likeness (QED) is 0.429. The highest BCUT2D eigenvalue weighted by Crippen LogP contribution is 2.26. The number of morpholine rings is 1. The summed E-state index contributed by atoms with van der Waals surface area (Å²) in [4.78, 5) is 15.2. The first-order valence-electron chi connectivity index (χ1n) is 11.9. The van der Waals surface area contributed by atoms with Gasteiger partial charge in [-0.2, -0.15) is 0 Å². The maximum absolute atomic E-state index is 13.0. The average molecular weight is 496 g/mol. The van der Waals surface area contributed by atoms with E-state index in [4.69, 9.17) is 9.47 Å². The van der Waals surface area contributed by atoms with E-state index >= 15 is 0 Å². The van der Waals surface area contributed by atoms with Gasteiger partial charge in [-0.05, 0) is 29.2 Å². The number of aromatic nitrogens is 3. The molecule has 35 heavy (non-hydrogen) atoms. The molecule has 2 heterocycles. The molecule has 0 spiro atoms. The summed E-state index contributed by atoms with van der Waals surface area (Å²) < 4.78 is 12.9. The molecule has 1 aliphatic rings. The van der Waals surface area contributed by atoms with Crippen LogP contribution in [0.15, 0.2) is 59.8 Å². The lowest BCUT2D eigenvalue weighted by atomic mass is 9.96. The Bertz CT molecular complexity index is 1080. The normalized spacial score (nSPS) is 14.7. The molecule has 1 fully saturated rings. The number of hydrogen-bond donors (Lipinski definition) is 1. The molecule has 2 aromatic carbocycles. The van der Waals surface area contributed by atoms with Crippen LogP contribution in [0, 0.1) is 5.92 Å². The van der Waals surface area contributed by atoms with Crippen LogP contribution in [-0.4, -0.2) is 59.8 Å². The fraction of sp³-hybridized carbons (Fsp3) is 0.423. The van der Waals surface area contributed by atoms with Crippen molar-refractivity contribution in [3.8, 4) is 5.75 Å². The van der Waals surface area contributed by atoms with Gasteiger partial charge in [-0.3, -0.25) is 9.36 Å². The van der Waals surface area contributed by atoms with Gasteiger partial charge < -0.3 is 19.7 Å². The number of benzene rings is 2. The first-order valence-corrected chi connectivity index (χ1v) is 12.9.